The summed E-state index contributed by atoms with van der Waals surface area (Å²) in [6.45, 7) is 0. The molecule has 0 heterocycles. The van der Waals surface area contributed by atoms with Crippen molar-refractivity contribution in [2.45, 2.75) is 0 Å². The Morgan fingerprint density at radius 3 is 0.447 bits per heavy atom. The molecule has 0 aromatic rings. The Morgan fingerprint density at radius 1 is 0.234 bits per heavy atom. The zero-order chi connectivity index (χ0) is 36.6. The van der Waals surface area contributed by atoms with Crippen molar-refractivity contribution < 1.29 is 113 Å². The van der Waals surface area contributed by atoms with Gasteiger partial charge in [-0.1, -0.05) is 0 Å². The van der Waals surface area contributed by atoms with E-state index in [2.05, 4.69) is 4.74 Å². The lowest BCUT2D eigenvalue weighted by molar-refractivity contribution is -0.200. The standard InChI is InChI=1S/C24H22O23/c25-13(26)1-3(15(29)30)7(19(37)38)11(8(20(39)40)4(1)16(31)32)23(45)47-24(46)12-9(21(41)42)5(17(33)34)2(14(27)28)6(18(35)36)10(12)22(43)44/h1-12H,(H,25,26)(H,27,28)(H,29,30)(H,31,32)(H,33,34)(H,35,36)(H,37,38)(H,39,40)(H,41,42)(H,43,44). The molecule has 8 atom stereocenters. The third-order valence-corrected chi connectivity index (χ3v) is 8.24. The van der Waals surface area contributed by atoms with Gasteiger partial charge in [-0.3, -0.25) is 57.5 Å². The first-order valence-electron chi connectivity index (χ1n) is 12.6. The van der Waals surface area contributed by atoms with Gasteiger partial charge in [-0.2, -0.15) is 0 Å². The molecule has 0 saturated heterocycles. The summed E-state index contributed by atoms with van der Waals surface area (Å²) < 4.78 is 4.36. The molecule has 10 N–H and O–H groups in total. The lowest BCUT2D eigenvalue weighted by Gasteiger charge is -2.44. The van der Waals surface area contributed by atoms with E-state index in [1.807, 2.05) is 0 Å². The molecule has 0 spiro atoms. The minimum absolute atomic E-state index is 2.34. The van der Waals surface area contributed by atoms with Gasteiger partial charge in [0.25, 0.3) is 0 Å². The minimum Gasteiger partial charge on any atom is -0.481 e. The van der Waals surface area contributed by atoms with Crippen LogP contribution in [0.4, 0.5) is 0 Å². The zero-order valence-corrected chi connectivity index (χ0v) is 22.7. The number of carboxylic acids is 10. The fraction of sp³-hybridized carbons (Fsp3) is 0.500. The zero-order valence-electron chi connectivity index (χ0n) is 22.7. The number of esters is 2. The molecule has 0 aliphatic heterocycles. The van der Waals surface area contributed by atoms with Crippen LogP contribution in [-0.4, -0.2) is 123 Å². The molecular formula is C24H22O23. The third kappa shape index (κ3) is 6.48. The van der Waals surface area contributed by atoms with Gasteiger partial charge in [0.15, 0.2) is 0 Å². The fourth-order valence-electron chi connectivity index (χ4n) is 6.57. The largest absolute Gasteiger partial charge is 0.481 e. The molecule has 2 saturated carbocycles. The first-order valence-corrected chi connectivity index (χ1v) is 12.6. The second kappa shape index (κ2) is 13.5. The molecule has 0 amide bonds. The van der Waals surface area contributed by atoms with Crippen LogP contribution in [0.2, 0.25) is 0 Å². The number of hydrogen-bond donors (Lipinski definition) is 10. The number of rotatable bonds is 12. The number of aliphatic carboxylic acids is 10. The maximum Gasteiger partial charge on any atom is 0.318 e. The molecular weight excluding hydrogens is 656 g/mol. The van der Waals surface area contributed by atoms with E-state index in [-0.39, 0.29) is 0 Å². The van der Waals surface area contributed by atoms with Gasteiger partial charge < -0.3 is 55.8 Å². The van der Waals surface area contributed by atoms with Gasteiger partial charge in [-0.15, -0.1) is 0 Å². The van der Waals surface area contributed by atoms with E-state index in [0.29, 0.717) is 0 Å². The van der Waals surface area contributed by atoms with Crippen molar-refractivity contribution in [2.24, 2.45) is 71.0 Å². The molecule has 2 aliphatic rings. The summed E-state index contributed by atoms with van der Waals surface area (Å²) in [5.41, 5.74) is 0. The van der Waals surface area contributed by atoms with Crippen molar-refractivity contribution in [3.05, 3.63) is 0 Å². The summed E-state index contributed by atoms with van der Waals surface area (Å²) in [5, 5.41) is 96.7. The molecule has 0 radical (unpaired) electrons. The smallest absolute Gasteiger partial charge is 0.318 e. The molecule has 0 bridgehead atoms. The summed E-state index contributed by atoms with van der Waals surface area (Å²) in [5.74, 6) is -64.7. The number of carbonyl (C=O) groups excluding carboxylic acids is 2. The number of hydrogen-bond acceptors (Lipinski definition) is 13. The van der Waals surface area contributed by atoms with Crippen LogP contribution in [-0.2, 0) is 62.3 Å². The minimum atomic E-state index is -3.11. The molecule has 256 valence electrons. The molecule has 47 heavy (non-hydrogen) atoms. The average Bonchev–Trinajstić information content (AvgIpc) is 2.92. The number of ether oxygens (including phenoxy) is 1. The Kier molecular flexibility index (Phi) is 10.6. The molecule has 23 nitrogen and oxygen atoms in total. The van der Waals surface area contributed by atoms with Crippen molar-refractivity contribution >= 4 is 71.6 Å². The highest BCUT2D eigenvalue weighted by atomic mass is 16.6. The lowest BCUT2D eigenvalue weighted by Crippen LogP contribution is -2.61. The van der Waals surface area contributed by atoms with Crippen molar-refractivity contribution in [1.82, 2.24) is 0 Å². The fourth-order valence-corrected chi connectivity index (χ4v) is 6.57. The van der Waals surface area contributed by atoms with Gasteiger partial charge in [-0.25, -0.2) is 0 Å². The Hall–Kier alpha value is -6.16. The monoisotopic (exact) mass is 678 g/mol. The van der Waals surface area contributed by atoms with E-state index in [1.165, 1.54) is 0 Å². The van der Waals surface area contributed by atoms with Crippen molar-refractivity contribution in [2.75, 3.05) is 0 Å². The second-order valence-electron chi connectivity index (χ2n) is 10.4. The van der Waals surface area contributed by atoms with Crippen molar-refractivity contribution in [3.8, 4) is 0 Å². The van der Waals surface area contributed by atoms with Crippen LogP contribution in [0.5, 0.6) is 0 Å². The lowest BCUT2D eigenvalue weighted by atomic mass is 9.56. The Balaban J connectivity index is 2.86. The predicted octanol–water partition coefficient (Wildman–Crippen LogP) is -3.68. The summed E-state index contributed by atoms with van der Waals surface area (Å²) in [7, 11) is 0. The van der Waals surface area contributed by atoms with E-state index < -0.39 is 143 Å². The molecule has 2 aliphatic carbocycles. The SMILES string of the molecule is O=C(O)C1C(C(=O)O)C(C(=O)O)C(C(=O)OC(=O)C2C(C(=O)O)C(C(=O)O)C(C(=O)O)C(C(=O)O)C2C(=O)O)C(C(=O)O)C1C(=O)O. The maximum atomic E-state index is 13.3. The topological polar surface area (TPSA) is 416 Å². The van der Waals surface area contributed by atoms with Crippen LogP contribution in [0.15, 0.2) is 0 Å². The molecule has 0 aromatic carbocycles. The van der Waals surface area contributed by atoms with Crippen LogP contribution in [0, 0.1) is 71.0 Å². The first-order chi connectivity index (χ1) is 21.5. The van der Waals surface area contributed by atoms with Gasteiger partial charge in [0.2, 0.25) is 0 Å². The molecule has 2 fully saturated rings. The van der Waals surface area contributed by atoms with E-state index >= 15 is 0 Å². The van der Waals surface area contributed by atoms with E-state index in [4.69, 9.17) is 0 Å². The number of carbonyl (C=O) groups is 12. The van der Waals surface area contributed by atoms with Gasteiger partial charge in [0.1, 0.15) is 0 Å². The van der Waals surface area contributed by atoms with Crippen LogP contribution in [0.3, 0.4) is 0 Å². The van der Waals surface area contributed by atoms with Crippen molar-refractivity contribution in [1.29, 1.82) is 0 Å². The van der Waals surface area contributed by atoms with E-state index in [0.717, 1.165) is 0 Å². The molecule has 0 aromatic heterocycles. The number of carboxylic acid groups (broad SMARTS) is 10. The maximum absolute atomic E-state index is 13.3. The Morgan fingerprint density at radius 2 is 0.340 bits per heavy atom. The molecule has 23 heteroatoms. The van der Waals surface area contributed by atoms with Crippen LogP contribution in [0.25, 0.3) is 0 Å². The summed E-state index contributed by atoms with van der Waals surface area (Å²) in [6, 6.07) is 0. The summed E-state index contributed by atoms with van der Waals surface area (Å²) in [4.78, 5) is 147. The third-order valence-electron chi connectivity index (χ3n) is 8.24. The van der Waals surface area contributed by atoms with E-state index in [9.17, 15) is 109 Å². The highest BCUT2D eigenvalue weighted by Gasteiger charge is 2.68. The summed E-state index contributed by atoms with van der Waals surface area (Å²) >= 11 is 0. The van der Waals surface area contributed by atoms with Gasteiger partial charge >= 0.3 is 71.6 Å². The van der Waals surface area contributed by atoms with Crippen LogP contribution < -0.4 is 0 Å². The Labute approximate surface area is 256 Å². The Bertz CT molecular complexity index is 1290. The molecule has 2 rings (SSSR count). The first kappa shape index (κ1) is 37.0. The van der Waals surface area contributed by atoms with Gasteiger partial charge in [-0.05, 0) is 0 Å². The molecule has 8 unspecified atom stereocenters. The summed E-state index contributed by atoms with van der Waals surface area (Å²) in [6.07, 6.45) is 0. The van der Waals surface area contributed by atoms with Crippen LogP contribution in [0.1, 0.15) is 0 Å². The predicted molar refractivity (Wildman–Crippen MR) is 129 cm³/mol. The average molecular weight is 678 g/mol. The highest BCUT2D eigenvalue weighted by Crippen LogP contribution is 2.50. The van der Waals surface area contributed by atoms with E-state index in [1.54, 1.807) is 0 Å². The quantitative estimate of drug-likeness (QED) is 0.0701. The highest BCUT2D eigenvalue weighted by molar-refractivity contribution is 6.02. The van der Waals surface area contributed by atoms with Gasteiger partial charge in [0.05, 0.1) is 71.0 Å². The van der Waals surface area contributed by atoms with Crippen molar-refractivity contribution in [3.63, 3.8) is 0 Å². The van der Waals surface area contributed by atoms with Crippen LogP contribution >= 0.6 is 0 Å². The normalized spacial score (nSPS) is 33.3. The second-order valence-corrected chi connectivity index (χ2v) is 10.4. The van der Waals surface area contributed by atoms with Gasteiger partial charge in [0, 0.05) is 0 Å².